The average Bonchev–Trinajstić information content (AvgIpc) is 2.87. The van der Waals surface area contributed by atoms with E-state index in [0.29, 0.717) is 0 Å². The summed E-state index contributed by atoms with van der Waals surface area (Å²) in [7, 11) is 0. The van der Waals surface area contributed by atoms with Crippen LogP contribution in [0.25, 0.3) is 5.57 Å². The molecular weight excluding hydrogens is 220 g/mol. The monoisotopic (exact) mass is 240 g/mol. The molecule has 2 heteroatoms. The molecule has 0 spiro atoms. The number of amidine groups is 1. The summed E-state index contributed by atoms with van der Waals surface area (Å²) in [6.07, 6.45) is 9.60. The Labute approximate surface area is 109 Å². The number of aliphatic imine (C=N–C) groups is 1. The Hall–Kier alpha value is -1.57. The zero-order chi connectivity index (χ0) is 12.4. The van der Waals surface area contributed by atoms with Gasteiger partial charge in [-0.25, -0.2) is 4.99 Å². The van der Waals surface area contributed by atoms with Crippen LogP contribution in [0, 0.1) is 0 Å². The van der Waals surface area contributed by atoms with E-state index in [1.54, 1.807) is 0 Å². The number of nitrogens with two attached hydrogens (primary N) is 1. The predicted octanol–water partition coefficient (Wildman–Crippen LogP) is 3.84. The zero-order valence-corrected chi connectivity index (χ0v) is 10.7. The van der Waals surface area contributed by atoms with Crippen LogP contribution in [0.2, 0.25) is 0 Å². The lowest BCUT2D eigenvalue weighted by atomic mass is 9.83. The van der Waals surface area contributed by atoms with Crippen LogP contribution in [-0.4, -0.2) is 5.84 Å². The highest BCUT2D eigenvalue weighted by atomic mass is 14.9. The Bertz CT molecular complexity index is 476. The third-order valence-electron chi connectivity index (χ3n) is 4.12. The fraction of sp³-hybridized carbons (Fsp3) is 0.438. The maximum Gasteiger partial charge on any atom is 0.103 e. The van der Waals surface area contributed by atoms with E-state index < -0.39 is 0 Å². The largest absolute Gasteiger partial charge is 0.387 e. The van der Waals surface area contributed by atoms with Crippen LogP contribution < -0.4 is 5.73 Å². The Morgan fingerprint density at radius 3 is 2.33 bits per heavy atom. The molecule has 2 nitrogen and oxygen atoms in total. The highest BCUT2D eigenvalue weighted by Crippen LogP contribution is 2.33. The summed E-state index contributed by atoms with van der Waals surface area (Å²) in [4.78, 5) is 4.14. The van der Waals surface area contributed by atoms with Crippen molar-refractivity contribution < 1.29 is 0 Å². The number of hydrogen-bond acceptors (Lipinski definition) is 2. The summed E-state index contributed by atoms with van der Waals surface area (Å²) < 4.78 is 0. The quantitative estimate of drug-likeness (QED) is 0.838. The molecule has 1 aliphatic heterocycles. The molecule has 0 aromatic heterocycles. The minimum atomic E-state index is 0.723. The van der Waals surface area contributed by atoms with Crippen LogP contribution in [0.5, 0.6) is 0 Å². The second-order valence-electron chi connectivity index (χ2n) is 5.41. The van der Waals surface area contributed by atoms with Gasteiger partial charge in [0.25, 0.3) is 0 Å². The standard InChI is InChI=1S/C16H20N2/c17-16-10-15(11-18-16)14-8-6-13(7-9-14)12-4-2-1-3-5-12/h6-9,11-12H,1-5,10H2,(H2,17,18). The SMILES string of the molecule is NC1=NC=C(c2ccc(C3CCCCC3)cc2)C1. The molecule has 2 N–H and O–H groups in total. The molecule has 1 saturated carbocycles. The van der Waals surface area contributed by atoms with Crippen molar-refractivity contribution in [2.24, 2.45) is 10.7 Å². The molecule has 94 valence electrons. The van der Waals surface area contributed by atoms with Gasteiger partial charge in [0.1, 0.15) is 5.84 Å². The first kappa shape index (κ1) is 11.5. The molecular formula is C16H20N2. The van der Waals surface area contributed by atoms with Crippen LogP contribution in [-0.2, 0) is 0 Å². The molecule has 1 aliphatic carbocycles. The Morgan fingerprint density at radius 2 is 1.72 bits per heavy atom. The number of hydrogen-bond donors (Lipinski definition) is 1. The van der Waals surface area contributed by atoms with Crippen molar-refractivity contribution in [3.05, 3.63) is 41.6 Å². The summed E-state index contributed by atoms with van der Waals surface area (Å²) >= 11 is 0. The van der Waals surface area contributed by atoms with Gasteiger partial charge in [0.05, 0.1) is 0 Å². The van der Waals surface area contributed by atoms with Gasteiger partial charge in [0.15, 0.2) is 0 Å². The summed E-state index contributed by atoms with van der Waals surface area (Å²) in [5.74, 6) is 1.51. The topological polar surface area (TPSA) is 38.4 Å². The van der Waals surface area contributed by atoms with Crippen LogP contribution >= 0.6 is 0 Å². The number of rotatable bonds is 2. The van der Waals surface area contributed by atoms with Crippen molar-refractivity contribution in [2.45, 2.75) is 44.4 Å². The summed E-state index contributed by atoms with van der Waals surface area (Å²) in [5, 5.41) is 0. The first-order valence-electron chi connectivity index (χ1n) is 6.94. The molecule has 0 saturated heterocycles. The third-order valence-corrected chi connectivity index (χ3v) is 4.12. The van der Waals surface area contributed by atoms with Crippen LogP contribution in [0.4, 0.5) is 0 Å². The van der Waals surface area contributed by atoms with E-state index in [2.05, 4.69) is 29.3 Å². The molecule has 18 heavy (non-hydrogen) atoms. The lowest BCUT2D eigenvalue weighted by Gasteiger charge is -2.22. The molecule has 3 rings (SSSR count). The van der Waals surface area contributed by atoms with E-state index in [9.17, 15) is 0 Å². The average molecular weight is 240 g/mol. The van der Waals surface area contributed by atoms with Gasteiger partial charge in [-0.2, -0.15) is 0 Å². The molecule has 0 atom stereocenters. The first-order chi connectivity index (χ1) is 8.83. The lowest BCUT2D eigenvalue weighted by molar-refractivity contribution is 0.443. The summed E-state index contributed by atoms with van der Waals surface area (Å²) in [6.45, 7) is 0. The number of benzene rings is 1. The lowest BCUT2D eigenvalue weighted by Crippen LogP contribution is -2.08. The predicted molar refractivity (Wildman–Crippen MR) is 76.5 cm³/mol. The second kappa shape index (κ2) is 4.97. The molecule has 0 amide bonds. The van der Waals surface area contributed by atoms with Gasteiger partial charge in [-0.05, 0) is 35.5 Å². The summed E-state index contributed by atoms with van der Waals surface area (Å²) in [5.41, 5.74) is 9.71. The number of nitrogens with zero attached hydrogens (tertiary/aromatic N) is 1. The Kier molecular flexibility index (Phi) is 3.18. The van der Waals surface area contributed by atoms with Crippen molar-refractivity contribution >= 4 is 11.4 Å². The molecule has 0 radical (unpaired) electrons. The minimum absolute atomic E-state index is 0.723. The summed E-state index contributed by atoms with van der Waals surface area (Å²) in [6, 6.07) is 9.04. The van der Waals surface area contributed by atoms with Gasteiger partial charge in [0, 0.05) is 12.6 Å². The van der Waals surface area contributed by atoms with E-state index in [4.69, 9.17) is 5.73 Å². The van der Waals surface area contributed by atoms with Crippen LogP contribution in [0.3, 0.4) is 0 Å². The van der Waals surface area contributed by atoms with E-state index in [-0.39, 0.29) is 0 Å². The highest BCUT2D eigenvalue weighted by Gasteiger charge is 2.16. The third kappa shape index (κ3) is 2.33. The molecule has 1 heterocycles. The normalized spacial score (nSPS) is 20.7. The van der Waals surface area contributed by atoms with Crippen molar-refractivity contribution in [1.29, 1.82) is 0 Å². The molecule has 1 aromatic rings. The van der Waals surface area contributed by atoms with Gasteiger partial charge < -0.3 is 5.73 Å². The molecule has 0 unspecified atom stereocenters. The first-order valence-corrected chi connectivity index (χ1v) is 6.94. The van der Waals surface area contributed by atoms with Gasteiger partial charge in [0.2, 0.25) is 0 Å². The zero-order valence-electron chi connectivity index (χ0n) is 10.7. The van der Waals surface area contributed by atoms with E-state index in [0.717, 1.165) is 18.2 Å². The van der Waals surface area contributed by atoms with Crippen molar-refractivity contribution in [3.8, 4) is 0 Å². The van der Waals surface area contributed by atoms with Crippen molar-refractivity contribution in [3.63, 3.8) is 0 Å². The van der Waals surface area contributed by atoms with Crippen molar-refractivity contribution in [1.82, 2.24) is 0 Å². The van der Waals surface area contributed by atoms with Gasteiger partial charge in [-0.1, -0.05) is 43.5 Å². The molecule has 1 fully saturated rings. The Morgan fingerprint density at radius 1 is 1.00 bits per heavy atom. The second-order valence-corrected chi connectivity index (χ2v) is 5.41. The van der Waals surface area contributed by atoms with Gasteiger partial charge >= 0.3 is 0 Å². The fourth-order valence-electron chi connectivity index (χ4n) is 3.03. The maximum atomic E-state index is 5.71. The van der Waals surface area contributed by atoms with Crippen molar-refractivity contribution in [2.75, 3.05) is 0 Å². The van der Waals surface area contributed by atoms with Gasteiger partial charge in [-0.3, -0.25) is 0 Å². The maximum absolute atomic E-state index is 5.71. The molecule has 1 aromatic carbocycles. The smallest absolute Gasteiger partial charge is 0.103 e. The van der Waals surface area contributed by atoms with E-state index >= 15 is 0 Å². The highest BCUT2D eigenvalue weighted by molar-refractivity contribution is 5.95. The molecule has 0 bridgehead atoms. The molecule has 2 aliphatic rings. The van der Waals surface area contributed by atoms with Gasteiger partial charge in [-0.15, -0.1) is 0 Å². The van der Waals surface area contributed by atoms with Crippen LogP contribution in [0.1, 0.15) is 55.6 Å². The van der Waals surface area contributed by atoms with E-state index in [1.165, 1.54) is 48.8 Å². The van der Waals surface area contributed by atoms with E-state index in [1.807, 2.05) is 6.20 Å². The fourth-order valence-corrected chi connectivity index (χ4v) is 3.03. The Balaban J connectivity index is 1.73. The van der Waals surface area contributed by atoms with Crippen LogP contribution in [0.15, 0.2) is 35.5 Å². The minimum Gasteiger partial charge on any atom is -0.387 e.